The molecule has 5 nitrogen and oxygen atoms in total. The smallest absolute Gasteiger partial charge is 0.230 e. The number of carbonyl (C=O) groups is 1. The van der Waals surface area contributed by atoms with Gasteiger partial charge in [-0.15, -0.1) is 0 Å². The number of hydrogen-bond donors (Lipinski definition) is 1. The van der Waals surface area contributed by atoms with Gasteiger partial charge in [-0.25, -0.2) is 0 Å². The minimum absolute atomic E-state index is 0.243. The van der Waals surface area contributed by atoms with Gasteiger partial charge >= 0.3 is 0 Å². The Kier molecular flexibility index (Phi) is 6.10. The van der Waals surface area contributed by atoms with E-state index in [1.54, 1.807) is 0 Å². The zero-order chi connectivity index (χ0) is 17.7. The Balaban J connectivity index is 1.64. The van der Waals surface area contributed by atoms with Crippen molar-refractivity contribution in [2.45, 2.75) is 38.8 Å². The van der Waals surface area contributed by atoms with Crippen LogP contribution in [0.3, 0.4) is 0 Å². The first kappa shape index (κ1) is 18.4. The largest absolute Gasteiger partial charge is 0.381 e. The molecule has 1 aromatic carbocycles. The van der Waals surface area contributed by atoms with Gasteiger partial charge in [0.05, 0.1) is 5.41 Å². The highest BCUT2D eigenvalue weighted by molar-refractivity contribution is 5.83. The molecule has 25 heavy (non-hydrogen) atoms. The lowest BCUT2D eigenvalue weighted by molar-refractivity contribution is -0.147. The fourth-order valence-corrected chi connectivity index (χ4v) is 3.97. The maximum atomic E-state index is 13.2. The minimum Gasteiger partial charge on any atom is -0.381 e. The Labute approximate surface area is 151 Å². The van der Waals surface area contributed by atoms with E-state index in [2.05, 4.69) is 47.1 Å². The molecule has 1 aromatic rings. The summed E-state index contributed by atoms with van der Waals surface area (Å²) in [6, 6.07) is 11.0. The lowest BCUT2D eigenvalue weighted by Crippen LogP contribution is -2.51. The van der Waals surface area contributed by atoms with E-state index >= 15 is 0 Å². The first-order chi connectivity index (χ1) is 12.1. The Bertz CT molecular complexity index is 557. The van der Waals surface area contributed by atoms with Crippen molar-refractivity contribution in [3.63, 3.8) is 0 Å². The molecule has 3 rings (SSSR count). The summed E-state index contributed by atoms with van der Waals surface area (Å²) in [5.41, 5.74) is 6.95. The zero-order valence-electron chi connectivity index (χ0n) is 15.3. The number of hydrogen-bond acceptors (Lipinski definition) is 4. The summed E-state index contributed by atoms with van der Waals surface area (Å²) >= 11 is 0. The van der Waals surface area contributed by atoms with Gasteiger partial charge in [0.15, 0.2) is 0 Å². The molecular weight excluding hydrogens is 314 g/mol. The van der Waals surface area contributed by atoms with Gasteiger partial charge in [-0.05, 0) is 31.7 Å². The molecule has 5 heteroatoms. The molecule has 2 fully saturated rings. The van der Waals surface area contributed by atoms with Crippen LogP contribution < -0.4 is 5.73 Å². The molecule has 0 radical (unpaired) electrons. The predicted octanol–water partition coefficient (Wildman–Crippen LogP) is 1.86. The van der Waals surface area contributed by atoms with Crippen LogP contribution in [0.1, 0.15) is 31.7 Å². The van der Waals surface area contributed by atoms with Gasteiger partial charge < -0.3 is 15.4 Å². The maximum absolute atomic E-state index is 13.2. The summed E-state index contributed by atoms with van der Waals surface area (Å²) in [6.45, 7) is 7.46. The van der Waals surface area contributed by atoms with E-state index in [0.29, 0.717) is 25.8 Å². The molecular formula is C20H31N3O2. The van der Waals surface area contributed by atoms with Gasteiger partial charge in [-0.1, -0.05) is 30.3 Å². The van der Waals surface area contributed by atoms with Gasteiger partial charge in [0.2, 0.25) is 5.91 Å². The van der Waals surface area contributed by atoms with E-state index in [9.17, 15) is 4.79 Å². The Morgan fingerprint density at radius 1 is 1.20 bits per heavy atom. The predicted molar refractivity (Wildman–Crippen MR) is 99.1 cm³/mol. The van der Waals surface area contributed by atoms with Crippen LogP contribution in [0, 0.1) is 5.41 Å². The van der Waals surface area contributed by atoms with E-state index in [1.807, 2.05) is 0 Å². The van der Waals surface area contributed by atoms with Crippen molar-refractivity contribution in [2.75, 3.05) is 39.4 Å². The van der Waals surface area contributed by atoms with E-state index in [-0.39, 0.29) is 5.91 Å². The standard InChI is InChI=1S/C20H31N3O2/c1-17-7-10-22(19(24)20(16-21)8-13-25-14-9-20)11-12-23(17)15-18-5-3-2-4-6-18/h2-6,17H,7-16,21H2,1H3. The van der Waals surface area contributed by atoms with Crippen LogP contribution in [-0.2, 0) is 16.1 Å². The molecule has 0 saturated carbocycles. The van der Waals surface area contributed by atoms with Gasteiger partial charge in [0, 0.05) is 52.0 Å². The van der Waals surface area contributed by atoms with Crippen LogP contribution >= 0.6 is 0 Å². The highest BCUT2D eigenvalue weighted by Crippen LogP contribution is 2.32. The van der Waals surface area contributed by atoms with Gasteiger partial charge in [0.25, 0.3) is 0 Å². The van der Waals surface area contributed by atoms with Gasteiger partial charge in [-0.2, -0.15) is 0 Å². The van der Waals surface area contributed by atoms with Crippen LogP contribution in [0.4, 0.5) is 0 Å². The third-order valence-electron chi connectivity index (χ3n) is 5.91. The number of carbonyl (C=O) groups excluding carboxylic acids is 1. The average Bonchev–Trinajstić information content (AvgIpc) is 2.85. The molecule has 2 N–H and O–H groups in total. The van der Waals surface area contributed by atoms with Crippen LogP contribution in [0.2, 0.25) is 0 Å². The Morgan fingerprint density at radius 2 is 1.92 bits per heavy atom. The van der Waals surface area contributed by atoms with Crippen molar-refractivity contribution in [3.05, 3.63) is 35.9 Å². The van der Waals surface area contributed by atoms with Gasteiger partial charge in [0.1, 0.15) is 0 Å². The fourth-order valence-electron chi connectivity index (χ4n) is 3.97. The average molecular weight is 345 g/mol. The molecule has 2 aliphatic rings. The molecule has 2 aliphatic heterocycles. The maximum Gasteiger partial charge on any atom is 0.230 e. The normalized spacial score (nSPS) is 24.7. The molecule has 0 aromatic heterocycles. The lowest BCUT2D eigenvalue weighted by atomic mass is 9.79. The topological polar surface area (TPSA) is 58.8 Å². The summed E-state index contributed by atoms with van der Waals surface area (Å²) < 4.78 is 5.45. The van der Waals surface area contributed by atoms with Crippen molar-refractivity contribution >= 4 is 5.91 Å². The summed E-state index contributed by atoms with van der Waals surface area (Å²) in [7, 11) is 0. The monoisotopic (exact) mass is 345 g/mol. The molecule has 2 saturated heterocycles. The third kappa shape index (κ3) is 4.22. The first-order valence-electron chi connectivity index (χ1n) is 9.50. The summed E-state index contributed by atoms with van der Waals surface area (Å²) in [4.78, 5) is 17.7. The molecule has 2 heterocycles. The van der Waals surface area contributed by atoms with Crippen molar-refractivity contribution in [3.8, 4) is 0 Å². The zero-order valence-corrected chi connectivity index (χ0v) is 15.3. The van der Waals surface area contributed by atoms with Crippen molar-refractivity contribution < 1.29 is 9.53 Å². The van der Waals surface area contributed by atoms with E-state index in [4.69, 9.17) is 10.5 Å². The molecule has 138 valence electrons. The van der Waals surface area contributed by atoms with Crippen LogP contribution in [0.25, 0.3) is 0 Å². The molecule has 1 amide bonds. The second-order valence-electron chi connectivity index (χ2n) is 7.48. The summed E-state index contributed by atoms with van der Waals surface area (Å²) in [5.74, 6) is 0.243. The highest BCUT2D eigenvalue weighted by atomic mass is 16.5. The van der Waals surface area contributed by atoms with Crippen LogP contribution in [0.15, 0.2) is 30.3 Å². The quantitative estimate of drug-likeness (QED) is 0.905. The molecule has 0 bridgehead atoms. The number of nitrogens with two attached hydrogens (primary N) is 1. The lowest BCUT2D eigenvalue weighted by Gasteiger charge is -2.38. The van der Waals surface area contributed by atoms with Crippen molar-refractivity contribution in [2.24, 2.45) is 11.1 Å². The van der Waals surface area contributed by atoms with Crippen LogP contribution in [-0.4, -0.2) is 61.1 Å². The number of ether oxygens (including phenoxy) is 1. The first-order valence-corrected chi connectivity index (χ1v) is 9.50. The van der Waals surface area contributed by atoms with Crippen molar-refractivity contribution in [1.82, 2.24) is 9.80 Å². The molecule has 0 spiro atoms. The highest BCUT2D eigenvalue weighted by Gasteiger charge is 2.42. The SMILES string of the molecule is CC1CCN(C(=O)C2(CN)CCOCC2)CCN1Cc1ccccc1. The van der Waals surface area contributed by atoms with E-state index < -0.39 is 5.41 Å². The third-order valence-corrected chi connectivity index (χ3v) is 5.91. The summed E-state index contributed by atoms with van der Waals surface area (Å²) in [6.07, 6.45) is 2.51. The van der Waals surface area contributed by atoms with Crippen molar-refractivity contribution in [1.29, 1.82) is 0 Å². The fraction of sp³-hybridized carbons (Fsp3) is 0.650. The second-order valence-corrected chi connectivity index (χ2v) is 7.48. The number of amides is 1. The Morgan fingerprint density at radius 3 is 2.60 bits per heavy atom. The summed E-state index contributed by atoms with van der Waals surface area (Å²) in [5, 5.41) is 0. The second kappa shape index (κ2) is 8.30. The Hall–Kier alpha value is -1.43. The molecule has 0 aliphatic carbocycles. The van der Waals surface area contributed by atoms with Gasteiger partial charge in [-0.3, -0.25) is 9.69 Å². The molecule has 1 unspecified atom stereocenters. The minimum atomic E-state index is -0.407. The number of rotatable bonds is 4. The number of benzene rings is 1. The van der Waals surface area contributed by atoms with Crippen LogP contribution in [0.5, 0.6) is 0 Å². The van der Waals surface area contributed by atoms with E-state index in [0.717, 1.165) is 45.4 Å². The van der Waals surface area contributed by atoms with E-state index in [1.165, 1.54) is 5.56 Å². The number of nitrogens with zero attached hydrogens (tertiary/aromatic N) is 2. The molecule has 1 atom stereocenters.